The van der Waals surface area contributed by atoms with Gasteiger partial charge in [0.2, 0.25) is 10.0 Å². The van der Waals surface area contributed by atoms with Crippen molar-refractivity contribution in [2.24, 2.45) is 0 Å². The number of carbonyl (C=O) groups is 1. The zero-order valence-electron chi connectivity index (χ0n) is 8.65. The number of aliphatic carboxylic acids is 1. The van der Waals surface area contributed by atoms with Crippen molar-refractivity contribution < 1.29 is 18.3 Å². The summed E-state index contributed by atoms with van der Waals surface area (Å²) in [5.41, 5.74) is 0. The molecule has 0 unspecified atom stereocenters. The van der Waals surface area contributed by atoms with E-state index in [0.29, 0.717) is 0 Å². The lowest BCUT2D eigenvalue weighted by atomic mass is 10.4. The number of hydrogen-bond acceptors (Lipinski definition) is 3. The van der Waals surface area contributed by atoms with E-state index < -0.39 is 22.0 Å². The molecule has 1 atom stereocenters. The van der Waals surface area contributed by atoms with E-state index in [9.17, 15) is 13.2 Å². The largest absolute Gasteiger partial charge is 0.480 e. The Labute approximate surface area is 108 Å². The molecule has 0 aliphatic rings. The van der Waals surface area contributed by atoms with Crippen molar-refractivity contribution in [2.45, 2.75) is 17.9 Å². The van der Waals surface area contributed by atoms with Crippen molar-refractivity contribution in [1.82, 2.24) is 4.72 Å². The van der Waals surface area contributed by atoms with Gasteiger partial charge in [0.25, 0.3) is 0 Å². The predicted molar refractivity (Wildman–Crippen MR) is 63.9 cm³/mol. The van der Waals surface area contributed by atoms with Crippen molar-refractivity contribution in [3.63, 3.8) is 0 Å². The number of nitrogens with one attached hydrogen (secondary N) is 1. The summed E-state index contributed by atoms with van der Waals surface area (Å²) in [6, 6.07) is 2.49. The Morgan fingerprint density at radius 3 is 2.41 bits per heavy atom. The smallest absolute Gasteiger partial charge is 0.321 e. The number of sulfonamides is 1. The second kappa shape index (κ2) is 5.22. The lowest BCUT2D eigenvalue weighted by molar-refractivity contribution is -0.138. The second-order valence-electron chi connectivity index (χ2n) is 3.26. The molecule has 0 fully saturated rings. The number of benzene rings is 1. The molecule has 0 bridgehead atoms. The van der Waals surface area contributed by atoms with Crippen molar-refractivity contribution in [3.05, 3.63) is 28.2 Å². The summed E-state index contributed by atoms with van der Waals surface area (Å²) >= 11 is 11.3. The van der Waals surface area contributed by atoms with Gasteiger partial charge in [0, 0.05) is 0 Å². The molecule has 0 aliphatic heterocycles. The van der Waals surface area contributed by atoms with Gasteiger partial charge in [-0.2, -0.15) is 4.72 Å². The fourth-order valence-electron chi connectivity index (χ4n) is 0.995. The lowest BCUT2D eigenvalue weighted by Gasteiger charge is -2.10. The summed E-state index contributed by atoms with van der Waals surface area (Å²) in [4.78, 5) is 10.4. The monoisotopic (exact) mass is 297 g/mol. The first-order valence-corrected chi connectivity index (χ1v) is 6.68. The minimum absolute atomic E-state index is 0.0810. The molecule has 0 saturated carbocycles. The molecular formula is C9H9Cl2NO4S. The van der Waals surface area contributed by atoms with Crippen LogP contribution in [0.15, 0.2) is 23.1 Å². The molecular weight excluding hydrogens is 289 g/mol. The molecule has 17 heavy (non-hydrogen) atoms. The van der Waals surface area contributed by atoms with Gasteiger partial charge in [0.15, 0.2) is 0 Å². The molecule has 0 saturated heterocycles. The van der Waals surface area contributed by atoms with Crippen LogP contribution in [0.1, 0.15) is 6.92 Å². The molecule has 0 aliphatic carbocycles. The maximum Gasteiger partial charge on any atom is 0.321 e. The van der Waals surface area contributed by atoms with Gasteiger partial charge in [-0.3, -0.25) is 4.79 Å². The van der Waals surface area contributed by atoms with E-state index in [1.54, 1.807) is 0 Å². The Morgan fingerprint density at radius 2 is 1.94 bits per heavy atom. The van der Waals surface area contributed by atoms with Crippen LogP contribution in [0.3, 0.4) is 0 Å². The SMILES string of the molecule is C[C@@H](NS(=O)(=O)c1ccc(Cl)c(Cl)c1)C(=O)O. The minimum atomic E-state index is -3.92. The van der Waals surface area contributed by atoms with Gasteiger partial charge < -0.3 is 5.11 Å². The number of hydrogen-bond donors (Lipinski definition) is 2. The van der Waals surface area contributed by atoms with Crippen LogP contribution in [0.25, 0.3) is 0 Å². The summed E-state index contributed by atoms with van der Waals surface area (Å²) in [7, 11) is -3.92. The normalized spacial score (nSPS) is 13.4. The van der Waals surface area contributed by atoms with Crippen LogP contribution in [0.5, 0.6) is 0 Å². The van der Waals surface area contributed by atoms with Gasteiger partial charge in [-0.1, -0.05) is 23.2 Å². The summed E-state index contributed by atoms with van der Waals surface area (Å²) in [5, 5.41) is 8.92. The molecule has 0 spiro atoms. The predicted octanol–water partition coefficient (Wildman–Crippen LogP) is 1.74. The van der Waals surface area contributed by atoms with Crippen molar-refractivity contribution >= 4 is 39.2 Å². The summed E-state index contributed by atoms with van der Waals surface area (Å²) in [6.07, 6.45) is 0. The topological polar surface area (TPSA) is 83.5 Å². The summed E-state index contributed by atoms with van der Waals surface area (Å²) < 4.78 is 25.5. The van der Waals surface area contributed by atoms with Crippen LogP contribution in [-0.2, 0) is 14.8 Å². The fourth-order valence-corrected chi connectivity index (χ4v) is 2.58. The molecule has 2 N–H and O–H groups in total. The van der Waals surface area contributed by atoms with Crippen LogP contribution in [0, 0.1) is 0 Å². The Kier molecular flexibility index (Phi) is 4.37. The van der Waals surface area contributed by atoms with Gasteiger partial charge in [0.05, 0.1) is 14.9 Å². The second-order valence-corrected chi connectivity index (χ2v) is 5.79. The van der Waals surface area contributed by atoms with Crippen molar-refractivity contribution in [2.75, 3.05) is 0 Å². The van der Waals surface area contributed by atoms with Gasteiger partial charge in [-0.25, -0.2) is 8.42 Å². The molecule has 0 aromatic heterocycles. The van der Waals surface area contributed by atoms with E-state index >= 15 is 0 Å². The van der Waals surface area contributed by atoms with E-state index in [2.05, 4.69) is 0 Å². The van der Waals surface area contributed by atoms with Crippen LogP contribution in [0.4, 0.5) is 0 Å². The first-order valence-electron chi connectivity index (χ1n) is 4.44. The number of halogens is 2. The molecule has 1 rings (SSSR count). The first kappa shape index (κ1) is 14.2. The van der Waals surface area contributed by atoms with Crippen LogP contribution in [0.2, 0.25) is 10.0 Å². The van der Waals surface area contributed by atoms with Gasteiger partial charge in [-0.05, 0) is 25.1 Å². The molecule has 5 nitrogen and oxygen atoms in total. The maximum atomic E-state index is 11.7. The van der Waals surface area contributed by atoms with Crippen LogP contribution >= 0.6 is 23.2 Å². The Morgan fingerprint density at radius 1 is 1.35 bits per heavy atom. The van der Waals surface area contributed by atoms with Crippen molar-refractivity contribution in [3.8, 4) is 0 Å². The summed E-state index contributed by atoms with van der Waals surface area (Å²) in [6.45, 7) is 1.22. The van der Waals surface area contributed by atoms with Crippen LogP contribution in [-0.4, -0.2) is 25.5 Å². The third-order valence-electron chi connectivity index (χ3n) is 1.90. The highest BCUT2D eigenvalue weighted by Gasteiger charge is 2.21. The van der Waals surface area contributed by atoms with E-state index in [0.717, 1.165) is 6.07 Å². The van der Waals surface area contributed by atoms with E-state index in [4.69, 9.17) is 28.3 Å². The standard InChI is InChI=1S/C9H9Cl2NO4S/c1-5(9(13)14)12-17(15,16)6-2-3-7(10)8(11)4-6/h2-5,12H,1H3,(H,13,14)/t5-/m1/s1. The van der Waals surface area contributed by atoms with Crippen molar-refractivity contribution in [1.29, 1.82) is 0 Å². The molecule has 1 aromatic rings. The number of carboxylic acids is 1. The van der Waals surface area contributed by atoms with Gasteiger partial charge >= 0.3 is 5.97 Å². The molecule has 8 heteroatoms. The highest BCUT2D eigenvalue weighted by Crippen LogP contribution is 2.24. The maximum absolute atomic E-state index is 11.7. The average Bonchev–Trinajstić information content (AvgIpc) is 2.21. The van der Waals surface area contributed by atoms with E-state index in [1.807, 2.05) is 4.72 Å². The average molecular weight is 298 g/mol. The third kappa shape index (κ3) is 3.57. The molecule has 1 aromatic carbocycles. The van der Waals surface area contributed by atoms with E-state index in [-0.39, 0.29) is 14.9 Å². The molecule has 0 amide bonds. The highest BCUT2D eigenvalue weighted by molar-refractivity contribution is 7.89. The fraction of sp³-hybridized carbons (Fsp3) is 0.222. The third-order valence-corrected chi connectivity index (χ3v) is 4.18. The zero-order chi connectivity index (χ0) is 13.2. The zero-order valence-corrected chi connectivity index (χ0v) is 11.0. The van der Waals surface area contributed by atoms with Gasteiger partial charge in [0.1, 0.15) is 6.04 Å². The minimum Gasteiger partial charge on any atom is -0.480 e. The Bertz CT molecular complexity index is 544. The Balaban J connectivity index is 3.05. The molecule has 0 heterocycles. The summed E-state index contributed by atoms with van der Waals surface area (Å²) in [5.74, 6) is -1.27. The Hall–Kier alpha value is -0.820. The quantitative estimate of drug-likeness (QED) is 0.887. The highest BCUT2D eigenvalue weighted by atomic mass is 35.5. The molecule has 94 valence electrons. The number of rotatable bonds is 4. The number of carboxylic acid groups (broad SMARTS) is 1. The first-order chi connectivity index (χ1) is 7.74. The van der Waals surface area contributed by atoms with Gasteiger partial charge in [-0.15, -0.1) is 0 Å². The lowest BCUT2D eigenvalue weighted by Crippen LogP contribution is -2.38. The van der Waals surface area contributed by atoms with Crippen LogP contribution < -0.4 is 4.72 Å². The molecule has 0 radical (unpaired) electrons. The van der Waals surface area contributed by atoms with E-state index in [1.165, 1.54) is 19.1 Å².